The summed E-state index contributed by atoms with van der Waals surface area (Å²) >= 11 is 0. The molecular weight excluding hydrogens is 437 g/mol. The zero-order valence-corrected chi connectivity index (χ0v) is 18.7. The number of rotatable bonds is 4. The molecule has 2 saturated heterocycles. The predicted octanol–water partition coefficient (Wildman–Crippen LogP) is 3.30. The number of aromatic nitrogens is 5. The average Bonchev–Trinajstić information content (AvgIpc) is 3.59. The molecule has 0 aliphatic carbocycles. The van der Waals surface area contributed by atoms with E-state index in [1.54, 1.807) is 34.1 Å². The Morgan fingerprint density at radius 2 is 2.09 bits per heavy atom. The number of pyridine rings is 1. The van der Waals surface area contributed by atoms with E-state index < -0.39 is 0 Å². The maximum Gasteiger partial charge on any atom is 0.227 e. The van der Waals surface area contributed by atoms with Crippen molar-refractivity contribution in [2.45, 2.75) is 25.8 Å². The summed E-state index contributed by atoms with van der Waals surface area (Å²) < 4.78 is 22.8. The first-order valence-corrected chi connectivity index (χ1v) is 11.4. The fraction of sp³-hybridized carbons (Fsp3) is 0.333. The fourth-order valence-electron chi connectivity index (χ4n) is 4.78. The van der Waals surface area contributed by atoms with Crippen molar-refractivity contribution in [3.05, 3.63) is 48.5 Å². The van der Waals surface area contributed by atoms with Gasteiger partial charge in [0.15, 0.2) is 11.5 Å². The summed E-state index contributed by atoms with van der Waals surface area (Å²) in [6.07, 6.45) is 4.64. The van der Waals surface area contributed by atoms with Crippen LogP contribution in [0.15, 0.2) is 42.7 Å². The van der Waals surface area contributed by atoms with Crippen molar-refractivity contribution in [2.24, 2.45) is 0 Å². The molecule has 1 atom stereocenters. The van der Waals surface area contributed by atoms with Gasteiger partial charge >= 0.3 is 0 Å². The van der Waals surface area contributed by atoms with Crippen LogP contribution in [0.4, 0.5) is 15.9 Å². The number of ether oxygens (including phenoxy) is 1. The number of hydrogen-bond acceptors (Lipinski definition) is 6. The maximum absolute atomic E-state index is 15.5. The van der Waals surface area contributed by atoms with Crippen molar-refractivity contribution in [2.75, 3.05) is 36.1 Å². The van der Waals surface area contributed by atoms with Crippen LogP contribution in [0.5, 0.6) is 0 Å². The standard InChI is InChI=1S/C24H24FN7O2/c1-15-14-34-10-9-30(15)22-12-18(19-13-27-32(24(19)28-22)21-6-7-26-29-21)17-5-4-16(11-20(17)25)31-8-2-3-23(31)33/h4-7,11-13,15H,2-3,8-10,14H2,1H3,(H,26,29). The van der Waals surface area contributed by atoms with E-state index in [1.807, 2.05) is 12.1 Å². The molecule has 1 unspecified atom stereocenters. The van der Waals surface area contributed by atoms with Gasteiger partial charge in [0.25, 0.3) is 0 Å². The molecule has 0 radical (unpaired) electrons. The summed E-state index contributed by atoms with van der Waals surface area (Å²) in [5.41, 5.74) is 2.33. The molecule has 4 aromatic rings. The van der Waals surface area contributed by atoms with Crippen molar-refractivity contribution >= 4 is 28.4 Å². The van der Waals surface area contributed by atoms with Gasteiger partial charge in [-0.25, -0.2) is 9.37 Å². The quantitative estimate of drug-likeness (QED) is 0.501. The number of aromatic amines is 1. The van der Waals surface area contributed by atoms with Crippen LogP contribution in [-0.4, -0.2) is 63.2 Å². The molecule has 2 aliphatic heterocycles. The van der Waals surface area contributed by atoms with Crippen LogP contribution in [0.3, 0.4) is 0 Å². The lowest BCUT2D eigenvalue weighted by atomic mass is 10.0. The summed E-state index contributed by atoms with van der Waals surface area (Å²) in [7, 11) is 0. The van der Waals surface area contributed by atoms with E-state index in [4.69, 9.17) is 9.72 Å². The molecule has 1 amide bonds. The Morgan fingerprint density at radius 3 is 2.82 bits per heavy atom. The van der Waals surface area contributed by atoms with Crippen LogP contribution in [0.25, 0.3) is 28.0 Å². The first-order chi connectivity index (χ1) is 16.6. The molecule has 2 fully saturated rings. The second-order valence-corrected chi connectivity index (χ2v) is 8.69. The van der Waals surface area contributed by atoms with Gasteiger partial charge in [0, 0.05) is 47.8 Å². The van der Waals surface area contributed by atoms with Crippen LogP contribution in [0.1, 0.15) is 19.8 Å². The molecule has 9 nitrogen and oxygen atoms in total. The van der Waals surface area contributed by atoms with Gasteiger partial charge in [-0.1, -0.05) is 0 Å². The monoisotopic (exact) mass is 461 g/mol. The van der Waals surface area contributed by atoms with Crippen LogP contribution < -0.4 is 9.80 Å². The lowest BCUT2D eigenvalue weighted by molar-refractivity contribution is -0.117. The lowest BCUT2D eigenvalue weighted by Gasteiger charge is -2.34. The molecule has 6 rings (SSSR count). The van der Waals surface area contributed by atoms with Crippen LogP contribution in [-0.2, 0) is 9.53 Å². The highest BCUT2D eigenvalue weighted by Crippen LogP contribution is 2.36. The van der Waals surface area contributed by atoms with Gasteiger partial charge in [0.05, 0.1) is 31.6 Å². The highest BCUT2D eigenvalue weighted by molar-refractivity contribution is 5.97. The highest BCUT2D eigenvalue weighted by atomic mass is 19.1. The van der Waals surface area contributed by atoms with Gasteiger partial charge in [0.2, 0.25) is 5.91 Å². The van der Waals surface area contributed by atoms with Crippen molar-refractivity contribution < 1.29 is 13.9 Å². The minimum atomic E-state index is -0.389. The van der Waals surface area contributed by atoms with Gasteiger partial charge in [-0.2, -0.15) is 14.9 Å². The van der Waals surface area contributed by atoms with E-state index >= 15 is 4.39 Å². The first-order valence-electron chi connectivity index (χ1n) is 11.4. The third-order valence-corrected chi connectivity index (χ3v) is 6.53. The Balaban J connectivity index is 1.51. The number of anilines is 2. The Kier molecular flexibility index (Phi) is 5.02. The average molecular weight is 462 g/mol. The van der Waals surface area contributed by atoms with Crippen LogP contribution in [0.2, 0.25) is 0 Å². The number of carbonyl (C=O) groups excluding carboxylic acids is 1. The third kappa shape index (κ3) is 3.41. The zero-order valence-electron chi connectivity index (χ0n) is 18.7. The minimum Gasteiger partial charge on any atom is -0.377 e. The van der Waals surface area contributed by atoms with Crippen molar-refractivity contribution in [3.63, 3.8) is 0 Å². The summed E-state index contributed by atoms with van der Waals surface area (Å²) in [5, 5.41) is 12.2. The maximum atomic E-state index is 15.5. The molecular formula is C24H24FN7O2. The summed E-state index contributed by atoms with van der Waals surface area (Å²) in [6.45, 7) is 4.59. The van der Waals surface area contributed by atoms with E-state index in [0.717, 1.165) is 17.6 Å². The molecule has 5 heterocycles. The third-order valence-electron chi connectivity index (χ3n) is 6.53. The number of H-pyrrole nitrogens is 1. The number of nitrogens with zero attached hydrogens (tertiary/aromatic N) is 6. The SMILES string of the molecule is CC1COCCN1c1cc(-c2ccc(N3CCCC3=O)cc2F)c2cnn(-c3ccn[nH]3)c2n1. The Morgan fingerprint density at radius 1 is 1.18 bits per heavy atom. The Hall–Kier alpha value is -3.79. The predicted molar refractivity (Wildman–Crippen MR) is 126 cm³/mol. The second-order valence-electron chi connectivity index (χ2n) is 8.69. The van der Waals surface area contributed by atoms with E-state index in [0.29, 0.717) is 61.0 Å². The first kappa shape index (κ1) is 20.8. The van der Waals surface area contributed by atoms with Gasteiger partial charge in [-0.3, -0.25) is 9.89 Å². The van der Waals surface area contributed by atoms with Gasteiger partial charge in [-0.05, 0) is 37.6 Å². The van der Waals surface area contributed by atoms with Crippen LogP contribution >= 0.6 is 0 Å². The normalized spacial score (nSPS) is 18.9. The Labute approximate surface area is 195 Å². The Bertz CT molecular complexity index is 1370. The number of carbonyl (C=O) groups is 1. The van der Waals surface area contributed by atoms with Gasteiger partial charge < -0.3 is 14.5 Å². The number of hydrogen-bond donors (Lipinski definition) is 1. The minimum absolute atomic E-state index is 0.0304. The molecule has 0 bridgehead atoms. The number of amides is 1. The smallest absolute Gasteiger partial charge is 0.227 e. The summed E-state index contributed by atoms with van der Waals surface area (Å²) in [5.74, 6) is 1.05. The van der Waals surface area contributed by atoms with E-state index in [2.05, 4.69) is 27.1 Å². The van der Waals surface area contributed by atoms with Crippen molar-refractivity contribution in [1.29, 1.82) is 0 Å². The van der Waals surface area contributed by atoms with Gasteiger partial charge in [-0.15, -0.1) is 0 Å². The number of fused-ring (bicyclic) bond motifs is 1. The molecule has 1 aromatic carbocycles. The molecule has 2 aliphatic rings. The van der Waals surface area contributed by atoms with Crippen molar-refractivity contribution in [1.82, 2.24) is 25.0 Å². The topological polar surface area (TPSA) is 92.2 Å². The molecule has 1 N–H and O–H groups in total. The molecule has 174 valence electrons. The van der Waals surface area contributed by atoms with E-state index in [-0.39, 0.29) is 17.8 Å². The molecule has 0 spiro atoms. The molecule has 3 aromatic heterocycles. The van der Waals surface area contributed by atoms with Crippen LogP contribution in [0, 0.1) is 5.82 Å². The molecule has 34 heavy (non-hydrogen) atoms. The largest absolute Gasteiger partial charge is 0.377 e. The molecule has 10 heteroatoms. The number of benzene rings is 1. The summed E-state index contributed by atoms with van der Waals surface area (Å²) in [4.78, 5) is 20.9. The van der Waals surface area contributed by atoms with E-state index in [1.165, 1.54) is 6.07 Å². The number of halogens is 1. The van der Waals surface area contributed by atoms with Crippen molar-refractivity contribution in [3.8, 4) is 16.9 Å². The number of nitrogens with one attached hydrogen (secondary N) is 1. The second kappa shape index (κ2) is 8.21. The highest BCUT2D eigenvalue weighted by Gasteiger charge is 2.26. The van der Waals surface area contributed by atoms with E-state index in [9.17, 15) is 4.79 Å². The fourth-order valence-corrected chi connectivity index (χ4v) is 4.78. The summed E-state index contributed by atoms with van der Waals surface area (Å²) in [6, 6.07) is 8.85. The lowest BCUT2D eigenvalue weighted by Crippen LogP contribution is -2.44. The zero-order chi connectivity index (χ0) is 23.2. The van der Waals surface area contributed by atoms with Gasteiger partial charge in [0.1, 0.15) is 11.6 Å². The molecule has 0 saturated carbocycles. The number of morpholine rings is 1.